The summed E-state index contributed by atoms with van der Waals surface area (Å²) in [5.74, 6) is 2.06. The number of ether oxygens (including phenoxy) is 2. The van der Waals surface area contributed by atoms with E-state index < -0.39 is 0 Å². The molecule has 7 nitrogen and oxygen atoms in total. The molecule has 0 saturated carbocycles. The molecule has 0 saturated heterocycles. The zero-order chi connectivity index (χ0) is 24.7. The number of hydrogen-bond donors (Lipinski definition) is 1. The average molecular weight is 481 g/mol. The molecule has 0 bridgehead atoms. The van der Waals surface area contributed by atoms with E-state index in [0.29, 0.717) is 29.0 Å². The third-order valence-corrected chi connectivity index (χ3v) is 6.13. The number of carbonyl (C=O) groups is 1. The molecule has 180 valence electrons. The van der Waals surface area contributed by atoms with Crippen LogP contribution in [-0.4, -0.2) is 33.5 Å². The fourth-order valence-corrected chi connectivity index (χ4v) is 4.12. The van der Waals surface area contributed by atoms with Crippen LogP contribution in [0.4, 0.5) is 5.69 Å². The van der Waals surface area contributed by atoms with Crippen LogP contribution in [0.1, 0.15) is 45.2 Å². The van der Waals surface area contributed by atoms with Gasteiger partial charge in [-0.1, -0.05) is 62.9 Å². The molecule has 1 amide bonds. The van der Waals surface area contributed by atoms with Crippen LogP contribution in [0.25, 0.3) is 0 Å². The Bertz CT molecular complexity index is 1120. The minimum absolute atomic E-state index is 0.0817. The number of nitrogens with one attached hydrogen (secondary N) is 1. The van der Waals surface area contributed by atoms with Crippen molar-refractivity contribution < 1.29 is 14.3 Å². The van der Waals surface area contributed by atoms with E-state index in [9.17, 15) is 4.79 Å². The summed E-state index contributed by atoms with van der Waals surface area (Å²) in [6.07, 6.45) is 1.45. The van der Waals surface area contributed by atoms with E-state index in [2.05, 4.69) is 55.0 Å². The summed E-state index contributed by atoms with van der Waals surface area (Å²) < 4.78 is 13.3. The number of nitrogens with zero attached hydrogens (tertiary/aromatic N) is 3. The molecule has 3 rings (SSSR count). The fourth-order valence-electron chi connectivity index (χ4n) is 3.36. The van der Waals surface area contributed by atoms with Crippen LogP contribution in [-0.2, 0) is 16.8 Å². The maximum Gasteiger partial charge on any atom is 0.234 e. The average Bonchev–Trinajstić information content (AvgIpc) is 3.21. The van der Waals surface area contributed by atoms with Gasteiger partial charge in [0.25, 0.3) is 0 Å². The second-order valence-corrected chi connectivity index (χ2v) is 9.75. The summed E-state index contributed by atoms with van der Waals surface area (Å²) in [7, 11) is 1.57. The smallest absolute Gasteiger partial charge is 0.234 e. The summed E-state index contributed by atoms with van der Waals surface area (Å²) in [4.78, 5) is 12.5. The topological polar surface area (TPSA) is 78.3 Å². The number of methoxy groups -OCH3 is 1. The Labute approximate surface area is 205 Å². The standard InChI is InChI=1S/C26H32N4O3S/c1-7-16-30-24(18(2)33-20-14-12-19(13-15-20)26(3,4)5)28-29-25(30)34-17-23(31)27-21-10-8-9-11-22(21)32-6/h7-15,18H,1,16-17H2,2-6H3,(H,27,31). The highest BCUT2D eigenvalue weighted by Gasteiger charge is 2.20. The van der Waals surface area contributed by atoms with E-state index in [4.69, 9.17) is 9.47 Å². The van der Waals surface area contributed by atoms with Gasteiger partial charge in [0.05, 0.1) is 18.6 Å². The van der Waals surface area contributed by atoms with Crippen LogP contribution in [0.5, 0.6) is 11.5 Å². The van der Waals surface area contributed by atoms with Crippen molar-refractivity contribution in [3.63, 3.8) is 0 Å². The van der Waals surface area contributed by atoms with E-state index in [1.165, 1.54) is 17.3 Å². The lowest BCUT2D eigenvalue weighted by Crippen LogP contribution is -2.16. The van der Waals surface area contributed by atoms with Crippen molar-refractivity contribution in [2.75, 3.05) is 18.2 Å². The van der Waals surface area contributed by atoms with Crippen LogP contribution >= 0.6 is 11.8 Å². The van der Waals surface area contributed by atoms with Crippen molar-refractivity contribution >= 4 is 23.4 Å². The number of carbonyl (C=O) groups excluding carboxylic acids is 1. The third-order valence-electron chi connectivity index (χ3n) is 5.17. The lowest BCUT2D eigenvalue weighted by atomic mass is 9.87. The molecule has 1 N–H and O–H groups in total. The lowest BCUT2D eigenvalue weighted by molar-refractivity contribution is -0.113. The highest BCUT2D eigenvalue weighted by molar-refractivity contribution is 7.99. The number of para-hydroxylation sites is 2. The van der Waals surface area contributed by atoms with Crippen LogP contribution in [0.3, 0.4) is 0 Å². The van der Waals surface area contributed by atoms with Crippen molar-refractivity contribution in [3.05, 3.63) is 72.6 Å². The van der Waals surface area contributed by atoms with Crippen LogP contribution < -0.4 is 14.8 Å². The first-order valence-electron chi connectivity index (χ1n) is 11.1. The number of amides is 1. The Morgan fingerprint density at radius 2 is 1.88 bits per heavy atom. The number of anilines is 1. The first-order valence-corrected chi connectivity index (χ1v) is 12.1. The second kappa shape index (κ2) is 11.2. The molecule has 1 atom stereocenters. The first-order chi connectivity index (χ1) is 16.2. The van der Waals surface area contributed by atoms with E-state index in [1.807, 2.05) is 35.8 Å². The SMILES string of the molecule is C=CCn1c(SCC(=O)Nc2ccccc2OC)nnc1C(C)Oc1ccc(C(C)(C)C)cc1. The number of rotatable bonds is 10. The van der Waals surface area contributed by atoms with Crippen LogP contribution in [0.2, 0.25) is 0 Å². The maximum atomic E-state index is 12.5. The molecule has 2 aromatic carbocycles. The Hall–Kier alpha value is -3.26. The van der Waals surface area contributed by atoms with E-state index in [-0.39, 0.29) is 23.2 Å². The van der Waals surface area contributed by atoms with Crippen molar-refractivity contribution in [2.24, 2.45) is 0 Å². The van der Waals surface area contributed by atoms with Gasteiger partial charge in [-0.15, -0.1) is 16.8 Å². The number of benzene rings is 2. The molecular formula is C26H32N4O3S. The molecule has 0 aliphatic rings. The minimum atomic E-state index is -0.329. The molecule has 34 heavy (non-hydrogen) atoms. The van der Waals surface area contributed by atoms with Crippen LogP contribution in [0, 0.1) is 0 Å². The summed E-state index contributed by atoms with van der Waals surface area (Å²) in [5, 5.41) is 12.1. The zero-order valence-electron chi connectivity index (χ0n) is 20.4. The Balaban J connectivity index is 1.67. The quantitative estimate of drug-likeness (QED) is 0.299. The van der Waals surface area contributed by atoms with Crippen molar-refractivity contribution in [3.8, 4) is 11.5 Å². The molecule has 0 spiro atoms. The molecule has 0 aliphatic carbocycles. The first kappa shape index (κ1) is 25.4. The monoisotopic (exact) mass is 480 g/mol. The number of thioether (sulfide) groups is 1. The molecular weight excluding hydrogens is 448 g/mol. The Morgan fingerprint density at radius 3 is 2.53 bits per heavy atom. The predicted molar refractivity (Wildman–Crippen MR) is 137 cm³/mol. The highest BCUT2D eigenvalue weighted by atomic mass is 32.2. The zero-order valence-corrected chi connectivity index (χ0v) is 21.2. The van der Waals surface area contributed by atoms with Gasteiger partial charge in [-0.3, -0.25) is 9.36 Å². The summed E-state index contributed by atoms with van der Waals surface area (Å²) >= 11 is 1.31. The van der Waals surface area contributed by atoms with Crippen molar-refractivity contribution in [1.29, 1.82) is 0 Å². The van der Waals surface area contributed by atoms with Crippen molar-refractivity contribution in [2.45, 2.75) is 50.9 Å². The molecule has 3 aromatic rings. The van der Waals surface area contributed by atoms with Gasteiger partial charge in [0.15, 0.2) is 17.1 Å². The molecule has 0 fully saturated rings. The molecule has 1 aromatic heterocycles. The normalized spacial score (nSPS) is 12.1. The van der Waals surface area contributed by atoms with Gasteiger partial charge in [-0.25, -0.2) is 0 Å². The van der Waals surface area contributed by atoms with Crippen molar-refractivity contribution in [1.82, 2.24) is 14.8 Å². The highest BCUT2D eigenvalue weighted by Crippen LogP contribution is 2.28. The Morgan fingerprint density at radius 1 is 1.18 bits per heavy atom. The summed E-state index contributed by atoms with van der Waals surface area (Å²) in [5.41, 5.74) is 1.95. The predicted octanol–water partition coefficient (Wildman–Crippen LogP) is 5.64. The van der Waals surface area contributed by atoms with Gasteiger partial charge in [0, 0.05) is 6.54 Å². The van der Waals surface area contributed by atoms with E-state index >= 15 is 0 Å². The number of hydrogen-bond acceptors (Lipinski definition) is 6. The molecule has 8 heteroatoms. The minimum Gasteiger partial charge on any atom is -0.495 e. The third kappa shape index (κ3) is 6.41. The van der Waals surface area contributed by atoms with Gasteiger partial charge in [-0.05, 0) is 42.2 Å². The fraction of sp³-hybridized carbons (Fsp3) is 0.346. The lowest BCUT2D eigenvalue weighted by Gasteiger charge is -2.20. The number of allylic oxidation sites excluding steroid dienone is 1. The van der Waals surface area contributed by atoms with Gasteiger partial charge >= 0.3 is 0 Å². The van der Waals surface area contributed by atoms with Gasteiger partial charge in [0.1, 0.15) is 11.5 Å². The summed E-state index contributed by atoms with van der Waals surface area (Å²) in [6, 6.07) is 15.4. The van der Waals surface area contributed by atoms with E-state index in [0.717, 1.165) is 5.75 Å². The molecule has 0 aliphatic heterocycles. The largest absolute Gasteiger partial charge is 0.495 e. The summed E-state index contributed by atoms with van der Waals surface area (Å²) in [6.45, 7) is 12.8. The van der Waals surface area contributed by atoms with Crippen LogP contribution in [0.15, 0.2) is 66.3 Å². The van der Waals surface area contributed by atoms with Gasteiger partial charge in [-0.2, -0.15) is 0 Å². The van der Waals surface area contributed by atoms with Gasteiger partial charge < -0.3 is 14.8 Å². The second-order valence-electron chi connectivity index (χ2n) is 8.81. The molecule has 0 radical (unpaired) electrons. The van der Waals surface area contributed by atoms with Gasteiger partial charge in [0.2, 0.25) is 5.91 Å². The molecule has 1 unspecified atom stereocenters. The molecule has 1 heterocycles. The van der Waals surface area contributed by atoms with E-state index in [1.54, 1.807) is 25.3 Å². The maximum absolute atomic E-state index is 12.5. The Kier molecular flexibility index (Phi) is 8.39. The number of aromatic nitrogens is 3.